The minimum Gasteiger partial charge on any atom is -0.494 e. The van der Waals surface area contributed by atoms with Crippen LogP contribution in [0.2, 0.25) is 0 Å². The number of unbranched alkanes of at least 4 members (excludes halogenated alkanes) is 4. The van der Waals surface area contributed by atoms with Crippen LogP contribution >= 0.6 is 0 Å². The van der Waals surface area contributed by atoms with Gasteiger partial charge < -0.3 is 14.2 Å². The normalized spacial score (nSPS) is 10.6. The summed E-state index contributed by atoms with van der Waals surface area (Å²) in [5.74, 6) is 0.313. The fraction of sp³-hybridized carbons (Fsp3) is 0.235. The smallest absolute Gasteiger partial charge is 0.343 e. The van der Waals surface area contributed by atoms with E-state index in [4.69, 9.17) is 14.2 Å². The second kappa shape index (κ2) is 14.5. The maximum Gasteiger partial charge on any atom is 0.343 e. The molecule has 0 saturated heterocycles. The maximum absolute atomic E-state index is 12.6. The van der Waals surface area contributed by atoms with E-state index in [1.807, 2.05) is 66.7 Å². The first-order chi connectivity index (χ1) is 19.1. The summed E-state index contributed by atoms with van der Waals surface area (Å²) >= 11 is 0. The number of hydrogen-bond donors (Lipinski definition) is 0. The quantitative estimate of drug-likeness (QED) is 0.100. The van der Waals surface area contributed by atoms with E-state index in [9.17, 15) is 9.59 Å². The van der Waals surface area contributed by atoms with Crippen LogP contribution in [0.4, 0.5) is 0 Å². The van der Waals surface area contributed by atoms with Crippen molar-refractivity contribution in [3.8, 4) is 22.6 Å². The van der Waals surface area contributed by atoms with Crippen molar-refractivity contribution in [1.82, 2.24) is 0 Å². The lowest BCUT2D eigenvalue weighted by molar-refractivity contribution is 0.0472. The maximum atomic E-state index is 12.6. The fourth-order valence-electron chi connectivity index (χ4n) is 4.07. The molecule has 0 aromatic heterocycles. The van der Waals surface area contributed by atoms with Gasteiger partial charge in [0.05, 0.1) is 17.7 Å². The zero-order chi connectivity index (χ0) is 27.3. The minimum absolute atomic E-state index is 0.198. The Morgan fingerprint density at radius 3 is 1.82 bits per heavy atom. The fourth-order valence-corrected chi connectivity index (χ4v) is 4.07. The lowest BCUT2D eigenvalue weighted by Crippen LogP contribution is -2.09. The molecule has 5 heteroatoms. The average Bonchev–Trinajstić information content (AvgIpc) is 2.99. The lowest BCUT2D eigenvalue weighted by Gasteiger charge is -2.09. The zero-order valence-electron chi connectivity index (χ0n) is 22.3. The van der Waals surface area contributed by atoms with Crippen LogP contribution in [-0.4, -0.2) is 18.5 Å². The van der Waals surface area contributed by atoms with Crippen molar-refractivity contribution in [2.75, 3.05) is 6.61 Å². The number of rotatable bonds is 13. The van der Waals surface area contributed by atoms with Crippen molar-refractivity contribution in [3.63, 3.8) is 0 Å². The Labute approximate surface area is 230 Å². The van der Waals surface area contributed by atoms with Gasteiger partial charge >= 0.3 is 11.9 Å². The Balaban J connectivity index is 1.25. The van der Waals surface area contributed by atoms with Crippen LogP contribution in [0.3, 0.4) is 0 Å². The van der Waals surface area contributed by atoms with Gasteiger partial charge in [-0.2, -0.15) is 0 Å². The van der Waals surface area contributed by atoms with Crippen molar-refractivity contribution >= 4 is 11.9 Å². The Hall–Kier alpha value is -4.38. The summed E-state index contributed by atoms with van der Waals surface area (Å²) < 4.78 is 16.7. The van der Waals surface area contributed by atoms with E-state index in [0.29, 0.717) is 16.9 Å². The highest BCUT2D eigenvalue weighted by Gasteiger charge is 2.12. The number of carbonyl (C=O) groups excluding carboxylic acids is 2. The number of carbonyl (C=O) groups is 2. The molecular formula is C34H34O5. The monoisotopic (exact) mass is 522 g/mol. The van der Waals surface area contributed by atoms with Gasteiger partial charge in [-0.1, -0.05) is 87.2 Å². The summed E-state index contributed by atoms with van der Waals surface area (Å²) in [5.41, 5.74) is 3.78. The van der Waals surface area contributed by atoms with E-state index >= 15 is 0 Å². The molecule has 0 radical (unpaired) electrons. The molecule has 4 aromatic carbocycles. The minimum atomic E-state index is -0.469. The molecule has 4 rings (SSSR count). The standard InChI is InChI=1S/C34H34O5/c1-2-3-4-5-9-24-37-31-20-16-28(17-21-31)27-12-14-30(15-13-27)34(36)39-32-22-18-29(19-23-32)33(35)38-25-26-10-7-6-8-11-26/h6-8,10-23H,2-5,9,24-25H2,1H3. The molecule has 39 heavy (non-hydrogen) atoms. The highest BCUT2D eigenvalue weighted by molar-refractivity contribution is 5.92. The molecule has 0 amide bonds. The summed E-state index contributed by atoms with van der Waals surface area (Å²) in [6, 6.07) is 31.1. The topological polar surface area (TPSA) is 61.8 Å². The highest BCUT2D eigenvalue weighted by atomic mass is 16.5. The van der Waals surface area contributed by atoms with E-state index in [-0.39, 0.29) is 6.61 Å². The molecule has 5 nitrogen and oxygen atoms in total. The molecule has 0 heterocycles. The van der Waals surface area contributed by atoms with Gasteiger partial charge in [0.15, 0.2) is 0 Å². The lowest BCUT2D eigenvalue weighted by atomic mass is 10.0. The molecular weight excluding hydrogens is 488 g/mol. The molecule has 0 aliphatic rings. The van der Waals surface area contributed by atoms with Crippen LogP contribution in [0.25, 0.3) is 11.1 Å². The molecule has 0 fully saturated rings. The van der Waals surface area contributed by atoms with Crippen LogP contribution in [0.1, 0.15) is 65.3 Å². The number of ether oxygens (including phenoxy) is 3. The predicted molar refractivity (Wildman–Crippen MR) is 153 cm³/mol. The Morgan fingerprint density at radius 1 is 0.590 bits per heavy atom. The highest BCUT2D eigenvalue weighted by Crippen LogP contribution is 2.24. The van der Waals surface area contributed by atoms with E-state index < -0.39 is 11.9 Å². The van der Waals surface area contributed by atoms with Crippen molar-refractivity contribution in [2.24, 2.45) is 0 Å². The third-order valence-corrected chi connectivity index (χ3v) is 6.34. The second-order valence-electron chi connectivity index (χ2n) is 9.34. The Kier molecular flexibility index (Phi) is 10.3. The molecule has 0 aliphatic carbocycles. The van der Waals surface area contributed by atoms with Crippen LogP contribution < -0.4 is 9.47 Å². The van der Waals surface area contributed by atoms with Crippen LogP contribution in [0.15, 0.2) is 103 Å². The molecule has 0 atom stereocenters. The first-order valence-electron chi connectivity index (χ1n) is 13.5. The van der Waals surface area contributed by atoms with Crippen LogP contribution in [-0.2, 0) is 11.3 Å². The van der Waals surface area contributed by atoms with Crippen molar-refractivity contribution in [3.05, 3.63) is 120 Å². The largest absolute Gasteiger partial charge is 0.494 e. The second-order valence-corrected chi connectivity index (χ2v) is 9.34. The van der Waals surface area contributed by atoms with E-state index in [2.05, 4.69) is 6.92 Å². The van der Waals surface area contributed by atoms with Crippen molar-refractivity contribution < 1.29 is 23.8 Å². The molecule has 0 saturated carbocycles. The van der Waals surface area contributed by atoms with E-state index in [0.717, 1.165) is 35.5 Å². The zero-order valence-corrected chi connectivity index (χ0v) is 22.3. The van der Waals surface area contributed by atoms with E-state index in [1.54, 1.807) is 36.4 Å². The van der Waals surface area contributed by atoms with Gasteiger partial charge in [0.25, 0.3) is 0 Å². The van der Waals surface area contributed by atoms with Gasteiger partial charge in [-0.3, -0.25) is 0 Å². The molecule has 0 unspecified atom stereocenters. The predicted octanol–water partition coefficient (Wildman–Crippen LogP) is 8.28. The summed E-state index contributed by atoms with van der Waals surface area (Å²) in [5, 5.41) is 0. The molecule has 0 spiro atoms. The van der Waals surface area contributed by atoms with Gasteiger partial charge in [-0.15, -0.1) is 0 Å². The van der Waals surface area contributed by atoms with Crippen LogP contribution in [0, 0.1) is 0 Å². The van der Waals surface area contributed by atoms with Gasteiger partial charge in [0.1, 0.15) is 18.1 Å². The number of hydrogen-bond acceptors (Lipinski definition) is 5. The number of esters is 2. The van der Waals surface area contributed by atoms with Gasteiger partial charge in [0, 0.05) is 0 Å². The molecule has 4 aromatic rings. The third-order valence-electron chi connectivity index (χ3n) is 6.34. The van der Waals surface area contributed by atoms with Gasteiger partial charge in [0.2, 0.25) is 0 Å². The molecule has 0 aliphatic heterocycles. The first kappa shape index (κ1) is 27.6. The third kappa shape index (κ3) is 8.57. The summed E-state index contributed by atoms with van der Waals surface area (Å²) in [6.07, 6.45) is 6.07. The number of benzene rings is 4. The molecule has 200 valence electrons. The average molecular weight is 523 g/mol. The van der Waals surface area contributed by atoms with Gasteiger partial charge in [-0.25, -0.2) is 9.59 Å². The Morgan fingerprint density at radius 2 is 1.15 bits per heavy atom. The van der Waals surface area contributed by atoms with Gasteiger partial charge in [-0.05, 0) is 71.6 Å². The first-order valence-corrected chi connectivity index (χ1v) is 13.5. The SMILES string of the molecule is CCCCCCCOc1ccc(-c2ccc(C(=O)Oc3ccc(C(=O)OCc4ccccc4)cc3)cc2)cc1. The van der Waals surface area contributed by atoms with E-state index in [1.165, 1.54) is 25.7 Å². The summed E-state index contributed by atoms with van der Waals surface area (Å²) in [6.45, 7) is 3.15. The molecule has 0 N–H and O–H groups in total. The van der Waals surface area contributed by atoms with Crippen molar-refractivity contribution in [1.29, 1.82) is 0 Å². The summed E-state index contributed by atoms with van der Waals surface area (Å²) in [7, 11) is 0. The molecule has 0 bridgehead atoms. The Bertz CT molecular complexity index is 1310. The van der Waals surface area contributed by atoms with Crippen molar-refractivity contribution in [2.45, 2.75) is 45.6 Å². The van der Waals surface area contributed by atoms with Crippen LogP contribution in [0.5, 0.6) is 11.5 Å². The summed E-state index contributed by atoms with van der Waals surface area (Å²) in [4.78, 5) is 24.9.